The summed E-state index contributed by atoms with van der Waals surface area (Å²) in [5.41, 5.74) is 0.430. The summed E-state index contributed by atoms with van der Waals surface area (Å²) in [6.07, 6.45) is 5.38. The third kappa shape index (κ3) is 5.92. The lowest BCUT2D eigenvalue weighted by Crippen LogP contribution is -2.39. The first-order valence-corrected chi connectivity index (χ1v) is 8.46. The van der Waals surface area contributed by atoms with Gasteiger partial charge in [-0.05, 0) is 37.6 Å². The van der Waals surface area contributed by atoms with Crippen LogP contribution in [0, 0.1) is 5.82 Å². The molecule has 0 aliphatic heterocycles. The Balaban J connectivity index is 1.68. The van der Waals surface area contributed by atoms with E-state index in [1.807, 2.05) is 0 Å². The van der Waals surface area contributed by atoms with E-state index in [1.54, 1.807) is 6.07 Å². The minimum atomic E-state index is -0.971. The molecule has 1 saturated carbocycles. The number of hydrogen-bond donors (Lipinski definition) is 2. The van der Waals surface area contributed by atoms with E-state index in [1.165, 1.54) is 50.3 Å². The Morgan fingerprint density at radius 2 is 2.13 bits per heavy atom. The van der Waals surface area contributed by atoms with Gasteiger partial charge in [0.15, 0.2) is 0 Å². The highest BCUT2D eigenvalue weighted by Crippen LogP contribution is 2.21. The Kier molecular flexibility index (Phi) is 6.99. The molecule has 2 N–H and O–H groups in total. The van der Waals surface area contributed by atoms with Crippen molar-refractivity contribution >= 4 is 5.91 Å². The molecule has 23 heavy (non-hydrogen) atoms. The van der Waals surface area contributed by atoms with Gasteiger partial charge in [0.25, 0.3) is 0 Å². The average molecular weight is 322 g/mol. The third-order valence-electron chi connectivity index (χ3n) is 4.60. The summed E-state index contributed by atoms with van der Waals surface area (Å²) >= 11 is 0. The Bertz CT molecular complexity index is 504. The number of rotatable bonds is 7. The number of nitrogens with one attached hydrogen (secondary N) is 1. The van der Waals surface area contributed by atoms with Crippen LogP contribution in [0.3, 0.4) is 0 Å². The Morgan fingerprint density at radius 1 is 1.39 bits per heavy atom. The molecular formula is C18H27FN2O2. The quantitative estimate of drug-likeness (QED) is 0.811. The zero-order valence-corrected chi connectivity index (χ0v) is 13.8. The number of halogens is 1. The predicted octanol–water partition coefficient (Wildman–Crippen LogP) is 2.63. The molecule has 0 bridgehead atoms. The van der Waals surface area contributed by atoms with Crippen molar-refractivity contribution in [3.8, 4) is 0 Å². The summed E-state index contributed by atoms with van der Waals surface area (Å²) in [5, 5.41) is 12.8. The zero-order chi connectivity index (χ0) is 16.7. The third-order valence-corrected chi connectivity index (χ3v) is 4.60. The van der Waals surface area contributed by atoms with E-state index in [0.29, 0.717) is 18.2 Å². The van der Waals surface area contributed by atoms with Crippen LogP contribution < -0.4 is 5.32 Å². The summed E-state index contributed by atoms with van der Waals surface area (Å²) in [7, 11) is 2.10. The van der Waals surface area contributed by atoms with Crippen molar-refractivity contribution in [3.63, 3.8) is 0 Å². The van der Waals surface area contributed by atoms with Crippen molar-refractivity contribution in [2.45, 2.75) is 50.7 Å². The number of carbonyl (C=O) groups is 1. The SMILES string of the molecule is CN(CCNC(=O)CC(O)c1cccc(F)c1)C1CCCCC1. The van der Waals surface area contributed by atoms with Crippen LogP contribution >= 0.6 is 0 Å². The second-order valence-electron chi connectivity index (χ2n) is 6.40. The first-order valence-electron chi connectivity index (χ1n) is 8.46. The topological polar surface area (TPSA) is 52.6 Å². The van der Waals surface area contributed by atoms with Crippen LogP contribution in [0.1, 0.15) is 50.2 Å². The molecule has 0 radical (unpaired) electrons. The number of nitrogens with zero attached hydrogens (tertiary/aromatic N) is 1. The zero-order valence-electron chi connectivity index (χ0n) is 13.8. The molecule has 2 rings (SSSR count). The van der Waals surface area contributed by atoms with Gasteiger partial charge >= 0.3 is 0 Å². The number of hydrogen-bond acceptors (Lipinski definition) is 3. The molecule has 0 heterocycles. The number of benzene rings is 1. The van der Waals surface area contributed by atoms with Crippen LogP contribution in [0.25, 0.3) is 0 Å². The van der Waals surface area contributed by atoms with Gasteiger partial charge in [0.1, 0.15) is 5.82 Å². The predicted molar refractivity (Wildman–Crippen MR) is 88.5 cm³/mol. The summed E-state index contributed by atoms with van der Waals surface area (Å²) < 4.78 is 13.1. The molecule has 1 amide bonds. The van der Waals surface area contributed by atoms with Crippen molar-refractivity contribution in [2.24, 2.45) is 0 Å². The van der Waals surface area contributed by atoms with Crippen LogP contribution in [-0.4, -0.2) is 42.1 Å². The van der Waals surface area contributed by atoms with Crippen molar-refractivity contribution in [1.29, 1.82) is 0 Å². The molecule has 1 aromatic rings. The summed E-state index contributed by atoms with van der Waals surface area (Å²) in [6, 6.07) is 6.35. The van der Waals surface area contributed by atoms with E-state index >= 15 is 0 Å². The lowest BCUT2D eigenvalue weighted by atomic mass is 9.94. The van der Waals surface area contributed by atoms with E-state index in [4.69, 9.17) is 0 Å². The number of amides is 1. The smallest absolute Gasteiger partial charge is 0.223 e. The van der Waals surface area contributed by atoms with Gasteiger partial charge in [-0.25, -0.2) is 4.39 Å². The van der Waals surface area contributed by atoms with Gasteiger partial charge in [0.2, 0.25) is 5.91 Å². The summed E-state index contributed by atoms with van der Waals surface area (Å²) in [6.45, 7) is 1.38. The van der Waals surface area contributed by atoms with E-state index in [0.717, 1.165) is 6.54 Å². The number of aliphatic hydroxyl groups excluding tert-OH is 1. The maximum atomic E-state index is 13.1. The van der Waals surface area contributed by atoms with Crippen molar-refractivity contribution in [3.05, 3.63) is 35.6 Å². The van der Waals surface area contributed by atoms with E-state index in [2.05, 4.69) is 17.3 Å². The average Bonchev–Trinajstić information content (AvgIpc) is 2.55. The Morgan fingerprint density at radius 3 is 2.83 bits per heavy atom. The van der Waals surface area contributed by atoms with Crippen LogP contribution in [0.5, 0.6) is 0 Å². The van der Waals surface area contributed by atoms with Crippen LogP contribution in [0.15, 0.2) is 24.3 Å². The van der Waals surface area contributed by atoms with Gasteiger partial charge in [0, 0.05) is 19.1 Å². The Labute approximate surface area is 137 Å². The second kappa shape index (κ2) is 8.99. The maximum Gasteiger partial charge on any atom is 0.223 e. The molecule has 1 atom stereocenters. The number of carbonyl (C=O) groups excluding carboxylic acids is 1. The van der Waals surface area contributed by atoms with Crippen molar-refractivity contribution < 1.29 is 14.3 Å². The molecule has 0 spiro atoms. The standard InChI is InChI=1S/C18H27FN2O2/c1-21(16-8-3-2-4-9-16)11-10-20-18(23)13-17(22)14-6-5-7-15(19)12-14/h5-7,12,16-17,22H,2-4,8-11,13H2,1H3,(H,20,23). The largest absolute Gasteiger partial charge is 0.388 e. The molecule has 1 aromatic carbocycles. The van der Waals surface area contributed by atoms with Gasteiger partial charge in [-0.3, -0.25) is 4.79 Å². The van der Waals surface area contributed by atoms with E-state index in [9.17, 15) is 14.3 Å². The number of likely N-dealkylation sites (N-methyl/N-ethyl adjacent to an activating group) is 1. The first kappa shape index (κ1) is 17.9. The van der Waals surface area contributed by atoms with Crippen LogP contribution in [-0.2, 0) is 4.79 Å². The first-order chi connectivity index (χ1) is 11.1. The molecule has 1 fully saturated rings. The highest BCUT2D eigenvalue weighted by Gasteiger charge is 2.18. The molecule has 1 aliphatic carbocycles. The molecule has 5 heteroatoms. The van der Waals surface area contributed by atoms with Crippen molar-refractivity contribution in [2.75, 3.05) is 20.1 Å². The molecule has 4 nitrogen and oxygen atoms in total. The highest BCUT2D eigenvalue weighted by atomic mass is 19.1. The van der Waals surface area contributed by atoms with Gasteiger partial charge < -0.3 is 15.3 Å². The van der Waals surface area contributed by atoms with E-state index in [-0.39, 0.29) is 12.3 Å². The maximum absolute atomic E-state index is 13.1. The van der Waals surface area contributed by atoms with Gasteiger partial charge in [0.05, 0.1) is 12.5 Å². The van der Waals surface area contributed by atoms with E-state index < -0.39 is 11.9 Å². The monoisotopic (exact) mass is 322 g/mol. The second-order valence-corrected chi connectivity index (χ2v) is 6.40. The highest BCUT2D eigenvalue weighted by molar-refractivity contribution is 5.76. The van der Waals surface area contributed by atoms with Crippen LogP contribution in [0.2, 0.25) is 0 Å². The molecule has 1 unspecified atom stereocenters. The minimum Gasteiger partial charge on any atom is -0.388 e. The molecule has 128 valence electrons. The van der Waals surface area contributed by atoms with Crippen molar-refractivity contribution in [1.82, 2.24) is 10.2 Å². The minimum absolute atomic E-state index is 0.0450. The van der Waals surface area contributed by atoms with Crippen LogP contribution in [0.4, 0.5) is 4.39 Å². The molecule has 0 saturated heterocycles. The fourth-order valence-corrected chi connectivity index (χ4v) is 3.16. The van der Waals surface area contributed by atoms with Gasteiger partial charge in [-0.1, -0.05) is 31.4 Å². The van der Waals surface area contributed by atoms with Gasteiger partial charge in [-0.2, -0.15) is 0 Å². The molecule has 0 aromatic heterocycles. The molecule has 1 aliphatic rings. The number of aliphatic hydroxyl groups is 1. The molecular weight excluding hydrogens is 295 g/mol. The normalized spacial score (nSPS) is 17.2. The fourth-order valence-electron chi connectivity index (χ4n) is 3.16. The summed E-state index contributed by atoms with van der Waals surface area (Å²) in [4.78, 5) is 14.2. The van der Waals surface area contributed by atoms with Gasteiger partial charge in [-0.15, -0.1) is 0 Å². The summed E-state index contributed by atoms with van der Waals surface area (Å²) in [5.74, 6) is -0.616. The lowest BCUT2D eigenvalue weighted by molar-refractivity contribution is -0.123. The Hall–Kier alpha value is -1.46. The lowest BCUT2D eigenvalue weighted by Gasteiger charge is -2.31. The fraction of sp³-hybridized carbons (Fsp3) is 0.611.